The van der Waals surface area contributed by atoms with Crippen LogP contribution in [-0.2, 0) is 0 Å². The van der Waals surface area contributed by atoms with Crippen LogP contribution in [0.15, 0.2) is 47.0 Å². The number of methoxy groups -OCH3 is 2. The van der Waals surface area contributed by atoms with Crippen LogP contribution in [-0.4, -0.2) is 41.8 Å². The fourth-order valence-corrected chi connectivity index (χ4v) is 3.55. The van der Waals surface area contributed by atoms with Crippen molar-refractivity contribution in [3.8, 4) is 22.9 Å². The van der Waals surface area contributed by atoms with Gasteiger partial charge in [0.05, 0.1) is 19.9 Å². The summed E-state index contributed by atoms with van der Waals surface area (Å²) >= 11 is 0. The van der Waals surface area contributed by atoms with Gasteiger partial charge in [0.25, 0.3) is 0 Å². The van der Waals surface area contributed by atoms with Crippen molar-refractivity contribution >= 4 is 11.7 Å². The monoisotopic (exact) mass is 408 g/mol. The summed E-state index contributed by atoms with van der Waals surface area (Å²) in [6.07, 6.45) is 1.63. The van der Waals surface area contributed by atoms with Crippen molar-refractivity contribution in [1.29, 1.82) is 0 Å². The van der Waals surface area contributed by atoms with Crippen LogP contribution >= 0.6 is 0 Å². The van der Waals surface area contributed by atoms with Crippen molar-refractivity contribution in [2.75, 3.05) is 26.1 Å². The van der Waals surface area contributed by atoms with Gasteiger partial charge in [-0.2, -0.15) is 4.98 Å². The Morgan fingerprint density at radius 1 is 1.17 bits per heavy atom. The van der Waals surface area contributed by atoms with Gasteiger partial charge in [0.2, 0.25) is 11.7 Å². The molecule has 8 heteroatoms. The van der Waals surface area contributed by atoms with Crippen molar-refractivity contribution < 1.29 is 18.8 Å². The molecule has 0 spiro atoms. The lowest BCUT2D eigenvalue weighted by atomic mass is 10.1. The summed E-state index contributed by atoms with van der Waals surface area (Å²) in [5, 5.41) is 7.02. The molecule has 0 bridgehead atoms. The number of aryl methyl sites for hydroxylation is 1. The molecule has 0 aliphatic carbocycles. The predicted molar refractivity (Wildman–Crippen MR) is 112 cm³/mol. The zero-order valence-electron chi connectivity index (χ0n) is 17.2. The lowest BCUT2D eigenvalue weighted by Crippen LogP contribution is -2.34. The topological polar surface area (TPSA) is 89.7 Å². The number of amides is 2. The highest BCUT2D eigenvalue weighted by molar-refractivity contribution is 5.91. The second kappa shape index (κ2) is 8.44. The van der Waals surface area contributed by atoms with Gasteiger partial charge in [-0.1, -0.05) is 35.0 Å². The van der Waals surface area contributed by atoms with Gasteiger partial charge in [0.15, 0.2) is 0 Å². The summed E-state index contributed by atoms with van der Waals surface area (Å²) in [6.45, 7) is 2.63. The summed E-state index contributed by atoms with van der Waals surface area (Å²) in [4.78, 5) is 19.2. The van der Waals surface area contributed by atoms with Crippen LogP contribution in [0.2, 0.25) is 0 Å². The Hall–Kier alpha value is -3.55. The molecule has 2 aromatic carbocycles. The first kappa shape index (κ1) is 19.8. The lowest BCUT2D eigenvalue weighted by Gasteiger charge is -2.23. The molecule has 8 nitrogen and oxygen atoms in total. The summed E-state index contributed by atoms with van der Waals surface area (Å²) in [6, 6.07) is 12.7. The van der Waals surface area contributed by atoms with E-state index in [1.165, 1.54) is 0 Å². The molecule has 2 heterocycles. The number of carbonyl (C=O) groups is 1. The fraction of sp³-hybridized carbons (Fsp3) is 0.318. The maximum atomic E-state index is 13.0. The second-order valence-electron chi connectivity index (χ2n) is 7.17. The van der Waals surface area contributed by atoms with E-state index in [-0.39, 0.29) is 12.1 Å². The van der Waals surface area contributed by atoms with Gasteiger partial charge in [-0.3, -0.25) is 0 Å². The average molecular weight is 408 g/mol. The van der Waals surface area contributed by atoms with Crippen LogP contribution in [0.5, 0.6) is 11.5 Å². The van der Waals surface area contributed by atoms with E-state index in [1.54, 1.807) is 37.3 Å². The van der Waals surface area contributed by atoms with E-state index in [1.807, 2.05) is 31.2 Å². The van der Waals surface area contributed by atoms with Gasteiger partial charge >= 0.3 is 6.03 Å². The molecule has 1 saturated heterocycles. The summed E-state index contributed by atoms with van der Waals surface area (Å²) in [5.74, 6) is 2.14. The fourth-order valence-electron chi connectivity index (χ4n) is 3.55. The van der Waals surface area contributed by atoms with E-state index in [2.05, 4.69) is 15.5 Å². The number of hydrogen-bond acceptors (Lipinski definition) is 6. The van der Waals surface area contributed by atoms with Crippen molar-refractivity contribution in [2.45, 2.75) is 25.8 Å². The number of nitrogens with one attached hydrogen (secondary N) is 1. The number of nitrogens with zero attached hydrogens (tertiary/aromatic N) is 3. The number of urea groups is 1. The number of ether oxygens (including phenoxy) is 2. The molecular formula is C22H24N4O4. The molecule has 0 radical (unpaired) electrons. The smallest absolute Gasteiger partial charge is 0.322 e. The van der Waals surface area contributed by atoms with Gasteiger partial charge in [-0.05, 0) is 31.9 Å². The number of likely N-dealkylation sites (tertiary alicyclic amines) is 1. The van der Waals surface area contributed by atoms with Crippen LogP contribution in [0.25, 0.3) is 11.4 Å². The molecule has 0 saturated carbocycles. The molecule has 1 aliphatic heterocycles. The highest BCUT2D eigenvalue weighted by Crippen LogP contribution is 2.34. The molecular weight excluding hydrogens is 384 g/mol. The van der Waals surface area contributed by atoms with Crippen molar-refractivity contribution in [3.05, 3.63) is 53.9 Å². The summed E-state index contributed by atoms with van der Waals surface area (Å²) < 4.78 is 16.1. The first-order valence-corrected chi connectivity index (χ1v) is 9.79. The third-order valence-corrected chi connectivity index (χ3v) is 5.20. The Morgan fingerprint density at radius 2 is 1.97 bits per heavy atom. The van der Waals surface area contributed by atoms with Gasteiger partial charge in [0, 0.05) is 18.2 Å². The molecule has 1 aromatic heterocycles. The summed E-state index contributed by atoms with van der Waals surface area (Å²) in [7, 11) is 3.13. The second-order valence-corrected chi connectivity index (χ2v) is 7.17. The Kier molecular flexibility index (Phi) is 5.56. The first-order chi connectivity index (χ1) is 14.6. The molecule has 3 aromatic rings. The minimum Gasteiger partial charge on any atom is -0.497 e. The van der Waals surface area contributed by atoms with Crippen LogP contribution in [0.3, 0.4) is 0 Å². The number of aromatic nitrogens is 2. The minimum absolute atomic E-state index is 0.240. The van der Waals surface area contributed by atoms with Gasteiger partial charge in [-0.15, -0.1) is 0 Å². The van der Waals surface area contributed by atoms with E-state index >= 15 is 0 Å². The van der Waals surface area contributed by atoms with Gasteiger partial charge < -0.3 is 24.2 Å². The van der Waals surface area contributed by atoms with Gasteiger partial charge in [-0.25, -0.2) is 4.79 Å². The normalized spacial score (nSPS) is 15.8. The molecule has 1 atom stereocenters. The molecule has 1 aliphatic rings. The van der Waals surface area contributed by atoms with Crippen LogP contribution in [0.4, 0.5) is 10.5 Å². The van der Waals surface area contributed by atoms with E-state index < -0.39 is 0 Å². The van der Waals surface area contributed by atoms with Crippen molar-refractivity contribution in [1.82, 2.24) is 15.0 Å². The van der Waals surface area contributed by atoms with Crippen molar-refractivity contribution in [2.24, 2.45) is 0 Å². The molecule has 2 amide bonds. The van der Waals surface area contributed by atoms with E-state index in [0.717, 1.165) is 24.0 Å². The third kappa shape index (κ3) is 3.94. The largest absolute Gasteiger partial charge is 0.497 e. The van der Waals surface area contributed by atoms with Gasteiger partial charge in [0.1, 0.15) is 17.5 Å². The zero-order chi connectivity index (χ0) is 21.1. The Bertz CT molecular complexity index is 1030. The van der Waals surface area contributed by atoms with Crippen LogP contribution in [0, 0.1) is 6.92 Å². The maximum Gasteiger partial charge on any atom is 0.322 e. The lowest BCUT2D eigenvalue weighted by molar-refractivity contribution is 0.193. The third-order valence-electron chi connectivity index (χ3n) is 5.20. The molecule has 1 N–H and O–H groups in total. The van der Waals surface area contributed by atoms with Crippen molar-refractivity contribution in [3.63, 3.8) is 0 Å². The number of anilines is 1. The zero-order valence-corrected chi connectivity index (χ0v) is 17.2. The minimum atomic E-state index is -0.263. The van der Waals surface area contributed by atoms with E-state index in [4.69, 9.17) is 14.0 Å². The number of benzene rings is 2. The van der Waals surface area contributed by atoms with E-state index in [9.17, 15) is 4.79 Å². The quantitative estimate of drug-likeness (QED) is 0.672. The van der Waals surface area contributed by atoms with Crippen LogP contribution in [0.1, 0.15) is 30.3 Å². The maximum absolute atomic E-state index is 13.0. The number of hydrogen-bond donors (Lipinski definition) is 1. The molecule has 30 heavy (non-hydrogen) atoms. The molecule has 1 fully saturated rings. The molecule has 4 rings (SSSR count). The molecule has 0 unspecified atom stereocenters. The highest BCUT2D eigenvalue weighted by atomic mass is 16.5. The number of rotatable bonds is 5. The highest BCUT2D eigenvalue weighted by Gasteiger charge is 2.34. The van der Waals surface area contributed by atoms with Crippen LogP contribution < -0.4 is 14.8 Å². The van der Waals surface area contributed by atoms with E-state index in [0.29, 0.717) is 35.4 Å². The SMILES string of the molecule is COc1ccc(NC(=O)N2CCC[C@H]2c2nc(-c3ccc(C)cc3)no2)c(OC)c1. The standard InChI is InChI=1S/C22H24N4O4/c1-14-6-8-15(9-7-14)20-24-21(30-25-20)18-5-4-12-26(18)22(27)23-17-11-10-16(28-2)13-19(17)29-3/h6-11,13,18H,4-5,12H2,1-3H3,(H,23,27)/t18-/m0/s1. The Morgan fingerprint density at radius 3 is 2.70 bits per heavy atom. The Balaban J connectivity index is 1.51. The summed E-state index contributed by atoms with van der Waals surface area (Å²) in [5.41, 5.74) is 2.61. The number of carbonyl (C=O) groups excluding carboxylic acids is 1. The first-order valence-electron chi connectivity index (χ1n) is 9.79. The Labute approximate surface area is 174 Å². The predicted octanol–water partition coefficient (Wildman–Crippen LogP) is 4.43. The molecule has 156 valence electrons. The average Bonchev–Trinajstić information content (AvgIpc) is 3.44.